The van der Waals surface area contributed by atoms with Gasteiger partial charge in [-0.05, 0) is 61.6 Å². The number of halogens is 2. The van der Waals surface area contributed by atoms with E-state index in [-0.39, 0.29) is 17.2 Å². The number of fused-ring (bicyclic) bond motifs is 1. The molecule has 27 heavy (non-hydrogen) atoms. The highest BCUT2D eigenvalue weighted by Gasteiger charge is 2.20. The Hall–Kier alpha value is -2.70. The zero-order valence-electron chi connectivity index (χ0n) is 16.1. The number of aryl methyl sites for hydroxylation is 2. The highest BCUT2D eigenvalue weighted by atomic mass is 19.3. The number of nitrogens with zero attached hydrogens (tertiary/aromatic N) is 3. The molecule has 0 aliphatic rings. The van der Waals surface area contributed by atoms with Gasteiger partial charge in [-0.2, -0.15) is 8.78 Å². The second kappa shape index (κ2) is 7.13. The van der Waals surface area contributed by atoms with Crippen LogP contribution in [-0.4, -0.2) is 20.8 Å². The number of alkyl halides is 2. The smallest absolute Gasteiger partial charge is 0.387 e. The van der Waals surface area contributed by atoms with Crippen LogP contribution in [0.15, 0.2) is 29.1 Å². The van der Waals surface area contributed by atoms with Crippen LogP contribution in [0.1, 0.15) is 43.0 Å². The average Bonchev–Trinajstić information content (AvgIpc) is 2.94. The molecule has 3 aromatic rings. The molecule has 0 amide bonds. The van der Waals surface area contributed by atoms with Gasteiger partial charge in [-0.3, -0.25) is 9.36 Å². The van der Waals surface area contributed by atoms with Crippen molar-refractivity contribution in [2.45, 2.75) is 46.6 Å². The molecule has 3 rings (SSSR count). The summed E-state index contributed by atoms with van der Waals surface area (Å²) in [7, 11) is 1.68. The third-order valence-electron chi connectivity index (χ3n) is 5.01. The van der Waals surface area contributed by atoms with Crippen molar-refractivity contribution in [1.82, 2.24) is 14.2 Å². The van der Waals surface area contributed by atoms with E-state index < -0.39 is 6.61 Å². The van der Waals surface area contributed by atoms with Crippen LogP contribution in [0.2, 0.25) is 0 Å². The van der Waals surface area contributed by atoms with E-state index in [1.807, 2.05) is 13.0 Å². The standard InChI is InChI=1S/C20H23F2N3O2/c1-6-11(2)16-10-13(4)25-17(16)19(26)24(5)18(23-25)15-8-7-14(9-12(15)3)27-20(21)22/h7-11,20H,6H2,1-5H3. The van der Waals surface area contributed by atoms with Crippen molar-refractivity contribution in [2.24, 2.45) is 7.05 Å². The predicted octanol–water partition coefficient (Wildman–Crippen LogP) is 4.43. The summed E-state index contributed by atoms with van der Waals surface area (Å²) in [5, 5.41) is 4.68. The molecule has 0 N–H and O–H groups in total. The molecule has 1 atom stereocenters. The molecule has 2 aromatic heterocycles. The van der Waals surface area contributed by atoms with Crippen LogP contribution >= 0.6 is 0 Å². The van der Waals surface area contributed by atoms with Gasteiger partial charge in [0, 0.05) is 18.3 Å². The minimum Gasteiger partial charge on any atom is -0.435 e. The fourth-order valence-electron chi connectivity index (χ4n) is 3.31. The Morgan fingerprint density at radius 3 is 2.52 bits per heavy atom. The van der Waals surface area contributed by atoms with Crippen LogP contribution in [0.25, 0.3) is 16.9 Å². The van der Waals surface area contributed by atoms with Gasteiger partial charge < -0.3 is 4.74 Å². The Morgan fingerprint density at radius 1 is 1.22 bits per heavy atom. The number of ether oxygens (including phenoxy) is 1. The molecule has 0 spiro atoms. The van der Waals surface area contributed by atoms with Crippen molar-refractivity contribution < 1.29 is 13.5 Å². The molecule has 0 saturated carbocycles. The van der Waals surface area contributed by atoms with Crippen molar-refractivity contribution in [2.75, 3.05) is 0 Å². The zero-order valence-corrected chi connectivity index (χ0v) is 16.1. The van der Waals surface area contributed by atoms with Gasteiger partial charge >= 0.3 is 6.61 Å². The summed E-state index contributed by atoms with van der Waals surface area (Å²) in [6.45, 7) is 4.99. The van der Waals surface area contributed by atoms with Crippen molar-refractivity contribution in [3.05, 3.63) is 51.4 Å². The lowest BCUT2D eigenvalue weighted by atomic mass is 10.00. The fraction of sp³-hybridized carbons (Fsp3) is 0.400. The van der Waals surface area contributed by atoms with E-state index in [4.69, 9.17) is 0 Å². The lowest BCUT2D eigenvalue weighted by Crippen LogP contribution is -2.24. The first-order chi connectivity index (χ1) is 12.7. The molecular formula is C20H23F2N3O2. The molecule has 0 aliphatic heterocycles. The molecule has 0 bridgehead atoms. The number of rotatable bonds is 5. The van der Waals surface area contributed by atoms with Gasteiger partial charge in [-0.25, -0.2) is 4.52 Å². The van der Waals surface area contributed by atoms with Gasteiger partial charge in [-0.1, -0.05) is 13.8 Å². The summed E-state index contributed by atoms with van der Waals surface area (Å²) in [4.78, 5) is 13.1. The summed E-state index contributed by atoms with van der Waals surface area (Å²) in [6.07, 6.45) is 0.925. The highest BCUT2D eigenvalue weighted by molar-refractivity contribution is 5.64. The van der Waals surface area contributed by atoms with Gasteiger partial charge in [-0.15, -0.1) is 5.10 Å². The molecule has 0 fully saturated rings. The fourth-order valence-corrected chi connectivity index (χ4v) is 3.31. The molecule has 0 aliphatic carbocycles. The highest BCUT2D eigenvalue weighted by Crippen LogP contribution is 2.28. The van der Waals surface area contributed by atoms with Gasteiger partial charge in [0.2, 0.25) is 0 Å². The van der Waals surface area contributed by atoms with Crippen molar-refractivity contribution in [1.29, 1.82) is 0 Å². The lowest BCUT2D eigenvalue weighted by molar-refractivity contribution is -0.0498. The van der Waals surface area contributed by atoms with Crippen molar-refractivity contribution >= 4 is 5.52 Å². The maximum atomic E-state index is 13.1. The van der Waals surface area contributed by atoms with E-state index in [2.05, 4.69) is 23.7 Å². The van der Waals surface area contributed by atoms with Crippen molar-refractivity contribution in [3.63, 3.8) is 0 Å². The van der Waals surface area contributed by atoms with Crippen LogP contribution in [0.5, 0.6) is 5.75 Å². The maximum absolute atomic E-state index is 13.1. The quantitative estimate of drug-likeness (QED) is 0.663. The Kier molecular flexibility index (Phi) is 5.04. The predicted molar refractivity (Wildman–Crippen MR) is 101 cm³/mol. The molecule has 144 valence electrons. The summed E-state index contributed by atoms with van der Waals surface area (Å²) >= 11 is 0. The molecule has 0 saturated heterocycles. The number of hydrogen-bond donors (Lipinski definition) is 0. The Labute approximate surface area is 156 Å². The third kappa shape index (κ3) is 3.34. The molecule has 2 heterocycles. The van der Waals surface area contributed by atoms with Crippen molar-refractivity contribution in [3.8, 4) is 17.1 Å². The number of benzene rings is 1. The summed E-state index contributed by atoms with van der Waals surface area (Å²) in [6, 6.07) is 6.63. The normalized spacial score (nSPS) is 12.7. The third-order valence-corrected chi connectivity index (χ3v) is 5.01. The van der Waals surface area contributed by atoms with Crippen LogP contribution in [0.4, 0.5) is 8.78 Å². The summed E-state index contributed by atoms with van der Waals surface area (Å²) in [5.41, 5.74) is 3.72. The molecule has 1 unspecified atom stereocenters. The largest absolute Gasteiger partial charge is 0.435 e. The topological polar surface area (TPSA) is 48.5 Å². The summed E-state index contributed by atoms with van der Waals surface area (Å²) < 4.78 is 32.5. The molecular weight excluding hydrogens is 352 g/mol. The first kappa shape index (κ1) is 19.1. The first-order valence-electron chi connectivity index (χ1n) is 8.89. The second-order valence-corrected chi connectivity index (χ2v) is 6.85. The van der Waals surface area contributed by atoms with E-state index in [1.54, 1.807) is 24.6 Å². The minimum absolute atomic E-state index is 0.0773. The van der Waals surface area contributed by atoms with E-state index in [0.29, 0.717) is 22.5 Å². The number of hydrogen-bond acceptors (Lipinski definition) is 3. The zero-order chi connectivity index (χ0) is 19.9. The maximum Gasteiger partial charge on any atom is 0.387 e. The lowest BCUT2D eigenvalue weighted by Gasteiger charge is -2.14. The van der Waals surface area contributed by atoms with E-state index in [0.717, 1.165) is 17.7 Å². The summed E-state index contributed by atoms with van der Waals surface area (Å²) in [5.74, 6) is 0.804. The minimum atomic E-state index is -2.88. The van der Waals surface area contributed by atoms with E-state index in [1.165, 1.54) is 16.7 Å². The van der Waals surface area contributed by atoms with Gasteiger partial charge in [0.1, 0.15) is 11.3 Å². The van der Waals surface area contributed by atoms with Gasteiger partial charge in [0.05, 0.1) is 0 Å². The molecule has 7 heteroatoms. The van der Waals surface area contributed by atoms with Gasteiger partial charge in [0.25, 0.3) is 5.56 Å². The monoisotopic (exact) mass is 375 g/mol. The SMILES string of the molecule is CCC(C)c1cc(C)n2nc(-c3ccc(OC(F)F)cc3C)n(C)c(=O)c12. The Balaban J connectivity index is 2.21. The molecule has 0 radical (unpaired) electrons. The van der Waals surface area contributed by atoms with Crippen LogP contribution < -0.4 is 10.3 Å². The first-order valence-corrected chi connectivity index (χ1v) is 8.89. The second-order valence-electron chi connectivity index (χ2n) is 6.85. The van der Waals surface area contributed by atoms with Crippen LogP contribution in [0.3, 0.4) is 0 Å². The van der Waals surface area contributed by atoms with E-state index in [9.17, 15) is 13.6 Å². The average molecular weight is 375 g/mol. The Bertz CT molecular complexity index is 1050. The molecule has 5 nitrogen and oxygen atoms in total. The van der Waals surface area contributed by atoms with Crippen LogP contribution in [0, 0.1) is 13.8 Å². The van der Waals surface area contributed by atoms with Crippen LogP contribution in [-0.2, 0) is 7.05 Å². The Morgan fingerprint density at radius 2 is 1.93 bits per heavy atom. The van der Waals surface area contributed by atoms with E-state index >= 15 is 0 Å². The number of aromatic nitrogens is 3. The molecule has 1 aromatic carbocycles. The van der Waals surface area contributed by atoms with Gasteiger partial charge in [0.15, 0.2) is 5.82 Å².